The zero-order chi connectivity index (χ0) is 30.2. The van der Waals surface area contributed by atoms with E-state index >= 15 is 0 Å². The first-order chi connectivity index (χ1) is 20.0. The van der Waals surface area contributed by atoms with Gasteiger partial charge in [-0.25, -0.2) is 4.98 Å². The van der Waals surface area contributed by atoms with Gasteiger partial charge < -0.3 is 41.0 Å². The summed E-state index contributed by atoms with van der Waals surface area (Å²) in [5, 5.41) is 38.4. The van der Waals surface area contributed by atoms with Crippen molar-refractivity contribution in [1.29, 1.82) is 0 Å². The summed E-state index contributed by atoms with van der Waals surface area (Å²) >= 11 is 8.61. The summed E-state index contributed by atoms with van der Waals surface area (Å²) in [5.74, 6) is -3.54. The molecule has 16 heteroatoms. The normalized spacial score (nSPS) is 21.1. The second kappa shape index (κ2) is 12.0. The Kier molecular flexibility index (Phi) is 8.55. The summed E-state index contributed by atoms with van der Waals surface area (Å²) < 4.78 is 0.519. The van der Waals surface area contributed by atoms with Crippen molar-refractivity contribution in [1.82, 2.24) is 20.5 Å². The second-order valence-corrected chi connectivity index (χ2v) is 12.8. The number of carbonyl (C=O) groups excluding carboxylic acids is 4. The van der Waals surface area contributed by atoms with Crippen LogP contribution >= 0.6 is 34.7 Å². The molecular formula is C26H29ClN6O7S2. The van der Waals surface area contributed by atoms with E-state index in [4.69, 9.17) is 17.3 Å². The summed E-state index contributed by atoms with van der Waals surface area (Å²) in [6.07, 6.45) is 1.81. The topological polar surface area (TPSA) is 198 Å². The number of phenols is 2. The minimum absolute atomic E-state index is 0.0188. The summed E-state index contributed by atoms with van der Waals surface area (Å²) in [7, 11) is 0. The highest BCUT2D eigenvalue weighted by Crippen LogP contribution is 2.41. The average molecular weight is 637 g/mol. The molecule has 3 aliphatic rings. The number of carboxylic acids is 1. The molecule has 0 spiro atoms. The lowest BCUT2D eigenvalue weighted by Gasteiger charge is -2.51. The first kappa shape index (κ1) is 29.9. The number of rotatable bonds is 10. The SMILES string of the molecule is Nc1nc(CC(=O)N[C@@H]2C(=O)N3C(C(=O)[O-])=C(C[N+]4(CCNC(=O)c5ccc(O)c(O)c5Cl)CCCC4)CS[C@H]23)cs1. The maximum absolute atomic E-state index is 13.1. The predicted molar refractivity (Wildman–Crippen MR) is 153 cm³/mol. The Morgan fingerprint density at radius 3 is 2.64 bits per heavy atom. The maximum atomic E-state index is 13.1. The van der Waals surface area contributed by atoms with Gasteiger partial charge in [-0.1, -0.05) is 11.6 Å². The van der Waals surface area contributed by atoms with Gasteiger partial charge in [0.2, 0.25) is 5.91 Å². The van der Waals surface area contributed by atoms with Crippen LogP contribution in [0.4, 0.5) is 5.13 Å². The van der Waals surface area contributed by atoms with E-state index in [2.05, 4.69) is 15.6 Å². The number of amides is 3. The number of anilines is 1. The lowest BCUT2D eigenvalue weighted by Crippen LogP contribution is -2.71. The lowest BCUT2D eigenvalue weighted by atomic mass is 10.0. The van der Waals surface area contributed by atoms with Gasteiger partial charge in [0.05, 0.1) is 60.5 Å². The van der Waals surface area contributed by atoms with Crippen molar-refractivity contribution < 1.29 is 39.0 Å². The number of carboxylic acid groups (broad SMARTS) is 1. The molecule has 2 fully saturated rings. The molecule has 2 atom stereocenters. The van der Waals surface area contributed by atoms with Gasteiger partial charge in [0.25, 0.3) is 11.8 Å². The van der Waals surface area contributed by atoms with E-state index < -0.39 is 46.6 Å². The van der Waals surface area contributed by atoms with Gasteiger partial charge in [-0.05, 0) is 12.1 Å². The number of fused-ring (bicyclic) bond motifs is 1. The van der Waals surface area contributed by atoms with Crippen molar-refractivity contribution in [2.24, 2.45) is 0 Å². The highest BCUT2D eigenvalue weighted by atomic mass is 35.5. The number of quaternary nitrogens is 1. The largest absolute Gasteiger partial charge is 0.543 e. The molecule has 1 aromatic heterocycles. The van der Waals surface area contributed by atoms with Crippen LogP contribution in [-0.2, 0) is 20.8 Å². The number of halogens is 1. The van der Waals surface area contributed by atoms with Crippen LogP contribution in [-0.4, -0.2) is 98.2 Å². The number of aromatic hydroxyl groups is 2. The number of carbonyl (C=O) groups is 4. The Morgan fingerprint density at radius 1 is 1.24 bits per heavy atom. The molecule has 2 aromatic rings. The zero-order valence-electron chi connectivity index (χ0n) is 22.3. The third-order valence-corrected chi connectivity index (χ3v) is 10.2. The zero-order valence-corrected chi connectivity index (χ0v) is 24.7. The second-order valence-electron chi connectivity index (χ2n) is 10.5. The highest BCUT2D eigenvalue weighted by Gasteiger charge is 2.53. The molecule has 3 aliphatic heterocycles. The number of benzene rings is 1. The van der Waals surface area contributed by atoms with Crippen molar-refractivity contribution in [3.63, 3.8) is 0 Å². The molecule has 4 heterocycles. The number of aromatic nitrogens is 1. The molecule has 5 rings (SSSR count). The van der Waals surface area contributed by atoms with Gasteiger partial charge in [-0.2, -0.15) is 0 Å². The predicted octanol–water partition coefficient (Wildman–Crippen LogP) is -0.223. The fourth-order valence-electron chi connectivity index (χ4n) is 5.69. The number of nitrogens with one attached hydrogen (secondary N) is 2. The molecule has 0 aliphatic carbocycles. The minimum atomic E-state index is -1.45. The van der Waals surface area contributed by atoms with Crippen LogP contribution in [0, 0.1) is 0 Å². The number of nitrogens with zero attached hydrogens (tertiary/aromatic N) is 3. The Bertz CT molecular complexity index is 1470. The molecule has 0 saturated carbocycles. The lowest BCUT2D eigenvalue weighted by molar-refractivity contribution is -0.911. The maximum Gasteiger partial charge on any atom is 0.253 e. The number of likely N-dealkylation sites (tertiary alicyclic amines) is 1. The fourth-order valence-corrected chi connectivity index (χ4v) is 7.83. The van der Waals surface area contributed by atoms with Crippen LogP contribution in [0.5, 0.6) is 11.5 Å². The smallest absolute Gasteiger partial charge is 0.253 e. The van der Waals surface area contributed by atoms with Crippen LogP contribution in [0.15, 0.2) is 28.8 Å². The summed E-state index contributed by atoms with van der Waals surface area (Å²) in [6.45, 7) is 2.65. The van der Waals surface area contributed by atoms with Crippen molar-refractivity contribution in [2.45, 2.75) is 30.7 Å². The first-order valence-electron chi connectivity index (χ1n) is 13.2. The van der Waals surface area contributed by atoms with E-state index in [9.17, 15) is 34.5 Å². The van der Waals surface area contributed by atoms with Crippen molar-refractivity contribution >= 4 is 63.5 Å². The van der Waals surface area contributed by atoms with Crippen molar-refractivity contribution in [3.05, 3.63) is 45.1 Å². The quantitative estimate of drug-likeness (QED) is 0.132. The van der Waals surface area contributed by atoms with Crippen LogP contribution in [0.1, 0.15) is 28.9 Å². The molecule has 0 bridgehead atoms. The average Bonchev–Trinajstić information content (AvgIpc) is 3.58. The highest BCUT2D eigenvalue weighted by molar-refractivity contribution is 8.00. The monoisotopic (exact) mass is 636 g/mol. The van der Waals surface area contributed by atoms with E-state index in [1.54, 1.807) is 5.38 Å². The number of aliphatic carboxylic acids is 1. The van der Waals surface area contributed by atoms with E-state index in [-0.39, 0.29) is 29.2 Å². The van der Waals surface area contributed by atoms with Crippen molar-refractivity contribution in [2.75, 3.05) is 44.2 Å². The Labute approximate surface area is 253 Å². The first-order valence-corrected chi connectivity index (χ1v) is 15.5. The van der Waals surface area contributed by atoms with Crippen LogP contribution in [0.3, 0.4) is 0 Å². The molecular weight excluding hydrogens is 608 g/mol. The number of hydrogen-bond donors (Lipinski definition) is 5. The number of nitrogens with two attached hydrogens (primary N) is 1. The van der Waals surface area contributed by atoms with Crippen LogP contribution < -0.4 is 21.5 Å². The van der Waals surface area contributed by atoms with E-state index in [0.29, 0.717) is 39.7 Å². The molecule has 13 nitrogen and oxygen atoms in total. The van der Waals surface area contributed by atoms with Crippen LogP contribution in [0.2, 0.25) is 5.02 Å². The van der Waals surface area contributed by atoms with Crippen LogP contribution in [0.25, 0.3) is 0 Å². The number of β-lactam (4-membered cyclic amide) rings is 1. The number of nitrogen functional groups attached to an aromatic ring is 1. The Balaban J connectivity index is 1.25. The number of thioether (sulfide) groups is 1. The Morgan fingerprint density at radius 2 is 1.98 bits per heavy atom. The van der Waals surface area contributed by atoms with Gasteiger partial charge in [0, 0.05) is 29.5 Å². The molecule has 3 amide bonds. The number of thiazole rings is 1. The molecule has 1 aromatic carbocycles. The van der Waals surface area contributed by atoms with Gasteiger partial charge in [0.15, 0.2) is 16.6 Å². The summed E-state index contributed by atoms with van der Waals surface area (Å²) in [6, 6.07) is 1.64. The van der Waals surface area contributed by atoms with Crippen molar-refractivity contribution in [3.8, 4) is 11.5 Å². The van der Waals surface area contributed by atoms with E-state index in [0.717, 1.165) is 25.9 Å². The standard InChI is InChI=1S/C26H29ClN6O7S2/c27-18-15(3-4-16(34)21(18)36)22(37)29-5-8-33(6-1-2-7-33)10-13-11-41-24-19(23(38)32(24)20(13)25(39)40)31-17(35)9-14-12-42-26(28)30-14/h3-4,12,19,24H,1-2,5-11H2,(H6-,28,29,30,31,34,35,36,37,39,40)/t19-,24-/m1/s1. The summed E-state index contributed by atoms with van der Waals surface area (Å²) in [5.41, 5.74) is 6.55. The molecule has 6 N–H and O–H groups in total. The van der Waals surface area contributed by atoms with Gasteiger partial charge in [-0.3, -0.25) is 19.3 Å². The van der Waals surface area contributed by atoms with Gasteiger partial charge in [0.1, 0.15) is 18.0 Å². The summed E-state index contributed by atoms with van der Waals surface area (Å²) in [4.78, 5) is 55.8. The third kappa shape index (κ3) is 5.86. The van der Waals surface area contributed by atoms with E-state index in [1.807, 2.05) is 0 Å². The molecule has 0 unspecified atom stereocenters. The molecule has 42 heavy (non-hydrogen) atoms. The molecule has 2 saturated heterocycles. The molecule has 224 valence electrons. The number of phenolic OH excluding ortho intramolecular Hbond substituents is 2. The van der Waals surface area contributed by atoms with Gasteiger partial charge in [-0.15, -0.1) is 23.1 Å². The Hall–Kier alpha value is -3.53. The van der Waals surface area contributed by atoms with Gasteiger partial charge >= 0.3 is 0 Å². The third-order valence-electron chi connectivity index (χ3n) is 7.72. The number of hydrogen-bond acceptors (Lipinski definition) is 11. The minimum Gasteiger partial charge on any atom is -0.543 e. The van der Waals surface area contributed by atoms with E-state index in [1.165, 1.54) is 40.1 Å². The fraction of sp³-hybridized carbons (Fsp3) is 0.423. The molecule has 0 radical (unpaired) electrons.